The van der Waals surface area contributed by atoms with Gasteiger partial charge in [0, 0.05) is 31.1 Å². The number of nitrogens with zero attached hydrogens (tertiary/aromatic N) is 1. The van der Waals surface area contributed by atoms with Crippen molar-refractivity contribution in [1.29, 1.82) is 0 Å². The molecular weight excluding hydrogens is 240 g/mol. The monoisotopic (exact) mass is 258 g/mol. The maximum atomic E-state index is 10.5. The fourth-order valence-electron chi connectivity index (χ4n) is 1.25. The van der Waals surface area contributed by atoms with Crippen LogP contribution >= 0.6 is 11.3 Å². The third kappa shape index (κ3) is 5.76. The van der Waals surface area contributed by atoms with Crippen LogP contribution in [0.2, 0.25) is 0 Å². The average molecular weight is 258 g/mol. The van der Waals surface area contributed by atoms with Gasteiger partial charge >= 0.3 is 5.00 Å². The lowest BCUT2D eigenvalue weighted by Gasteiger charge is -2.07. The molecule has 0 aliphatic heterocycles. The zero-order valence-electron chi connectivity index (χ0n) is 10.1. The summed E-state index contributed by atoms with van der Waals surface area (Å²) in [5, 5.41) is 15.7. The number of hydrogen-bond donors (Lipinski definition) is 1. The fourth-order valence-corrected chi connectivity index (χ4v) is 1.98. The highest BCUT2D eigenvalue weighted by Gasteiger charge is 2.08. The van der Waals surface area contributed by atoms with Gasteiger partial charge in [0.05, 0.1) is 11.5 Å². The molecule has 0 radical (unpaired) electrons. The van der Waals surface area contributed by atoms with Crippen molar-refractivity contribution in [3.05, 3.63) is 27.1 Å². The molecule has 6 heteroatoms. The van der Waals surface area contributed by atoms with Gasteiger partial charge in [-0.1, -0.05) is 25.2 Å². The second-order valence-electron chi connectivity index (χ2n) is 4.20. The molecule has 0 fully saturated rings. The van der Waals surface area contributed by atoms with Crippen molar-refractivity contribution in [3.63, 3.8) is 0 Å². The normalized spacial score (nSPS) is 11.0. The first-order chi connectivity index (χ1) is 8.09. The van der Waals surface area contributed by atoms with E-state index in [1.54, 1.807) is 11.4 Å². The van der Waals surface area contributed by atoms with E-state index in [0.29, 0.717) is 19.1 Å². The van der Waals surface area contributed by atoms with Gasteiger partial charge in [0.15, 0.2) is 0 Å². The largest absolute Gasteiger partial charge is 0.380 e. The summed E-state index contributed by atoms with van der Waals surface area (Å²) < 4.78 is 5.41. The summed E-state index contributed by atoms with van der Waals surface area (Å²) in [6, 6.07) is 1.60. The van der Waals surface area contributed by atoms with Crippen molar-refractivity contribution >= 4 is 16.3 Å². The van der Waals surface area contributed by atoms with E-state index in [2.05, 4.69) is 19.2 Å². The number of nitrogens with one attached hydrogen (secondary N) is 1. The molecule has 1 aromatic rings. The highest BCUT2D eigenvalue weighted by Crippen LogP contribution is 2.22. The SMILES string of the molecule is CC(C)COCCNCc1csc([N+](=O)[O-])c1. The second-order valence-corrected chi connectivity index (χ2v) is 5.09. The molecule has 0 saturated heterocycles. The van der Waals surface area contributed by atoms with Gasteiger partial charge < -0.3 is 10.1 Å². The van der Waals surface area contributed by atoms with Gasteiger partial charge in [-0.15, -0.1) is 0 Å². The van der Waals surface area contributed by atoms with E-state index < -0.39 is 0 Å². The maximum absolute atomic E-state index is 10.5. The average Bonchev–Trinajstić information content (AvgIpc) is 2.71. The van der Waals surface area contributed by atoms with Crippen LogP contribution in [0.4, 0.5) is 5.00 Å². The van der Waals surface area contributed by atoms with E-state index in [0.717, 1.165) is 30.1 Å². The fraction of sp³-hybridized carbons (Fsp3) is 0.636. The number of thiophene rings is 1. The molecule has 0 aliphatic rings. The molecule has 0 aliphatic carbocycles. The third-order valence-corrected chi connectivity index (χ3v) is 2.95. The smallest absolute Gasteiger partial charge is 0.324 e. The number of ether oxygens (including phenoxy) is 1. The third-order valence-electron chi connectivity index (χ3n) is 2.02. The van der Waals surface area contributed by atoms with Crippen LogP contribution in [0.1, 0.15) is 19.4 Å². The zero-order chi connectivity index (χ0) is 12.7. The summed E-state index contributed by atoms with van der Waals surface area (Å²) in [7, 11) is 0. The van der Waals surface area contributed by atoms with Gasteiger partial charge in [0.1, 0.15) is 0 Å². The molecule has 0 aromatic carbocycles. The molecule has 0 amide bonds. The molecule has 1 rings (SSSR count). The maximum Gasteiger partial charge on any atom is 0.324 e. The minimum absolute atomic E-state index is 0.192. The lowest BCUT2D eigenvalue weighted by molar-refractivity contribution is -0.380. The molecule has 0 unspecified atom stereocenters. The van der Waals surface area contributed by atoms with Crippen LogP contribution in [-0.2, 0) is 11.3 Å². The Morgan fingerprint density at radius 1 is 1.59 bits per heavy atom. The lowest BCUT2D eigenvalue weighted by Crippen LogP contribution is -2.19. The molecule has 0 spiro atoms. The van der Waals surface area contributed by atoms with Crippen LogP contribution in [0.5, 0.6) is 0 Å². The van der Waals surface area contributed by atoms with Crippen molar-refractivity contribution in [2.75, 3.05) is 19.8 Å². The molecule has 0 atom stereocenters. The van der Waals surface area contributed by atoms with Gasteiger partial charge in [-0.3, -0.25) is 10.1 Å². The molecule has 0 bridgehead atoms. The molecule has 1 heterocycles. The Morgan fingerprint density at radius 3 is 2.94 bits per heavy atom. The van der Waals surface area contributed by atoms with Crippen molar-refractivity contribution in [1.82, 2.24) is 5.32 Å². The van der Waals surface area contributed by atoms with E-state index >= 15 is 0 Å². The Balaban J connectivity index is 2.11. The van der Waals surface area contributed by atoms with Gasteiger partial charge in [-0.2, -0.15) is 0 Å². The van der Waals surface area contributed by atoms with Gasteiger partial charge in [0.25, 0.3) is 0 Å². The van der Waals surface area contributed by atoms with E-state index in [1.807, 2.05) is 0 Å². The number of rotatable bonds is 8. The summed E-state index contributed by atoms with van der Waals surface area (Å²) in [4.78, 5) is 10.1. The lowest BCUT2D eigenvalue weighted by atomic mass is 10.2. The standard InChI is InChI=1S/C11H18N2O3S/c1-9(2)7-16-4-3-12-6-10-5-11(13(14)15)17-8-10/h5,8-9,12H,3-4,6-7H2,1-2H3. The molecular formula is C11H18N2O3S. The van der Waals surface area contributed by atoms with Crippen LogP contribution in [-0.4, -0.2) is 24.7 Å². The van der Waals surface area contributed by atoms with Gasteiger partial charge in [0.2, 0.25) is 0 Å². The van der Waals surface area contributed by atoms with E-state index in [1.165, 1.54) is 0 Å². The molecule has 96 valence electrons. The highest BCUT2D eigenvalue weighted by atomic mass is 32.1. The molecule has 5 nitrogen and oxygen atoms in total. The summed E-state index contributed by atoms with van der Waals surface area (Å²) in [5.41, 5.74) is 0.950. The Labute approximate surface area is 105 Å². The minimum Gasteiger partial charge on any atom is -0.380 e. The Bertz CT molecular complexity index is 352. The molecule has 1 aromatic heterocycles. The Hall–Kier alpha value is -0.980. The van der Waals surface area contributed by atoms with Crippen LogP contribution in [0.15, 0.2) is 11.4 Å². The Kier molecular flexibility index (Phi) is 6.10. The summed E-state index contributed by atoms with van der Waals surface area (Å²) in [5.74, 6) is 0.550. The molecule has 1 N–H and O–H groups in total. The van der Waals surface area contributed by atoms with Crippen LogP contribution in [0.25, 0.3) is 0 Å². The Morgan fingerprint density at radius 2 is 2.35 bits per heavy atom. The topological polar surface area (TPSA) is 64.4 Å². The second kappa shape index (κ2) is 7.37. The first kappa shape index (κ1) is 14.1. The van der Waals surface area contributed by atoms with Gasteiger partial charge in [-0.05, 0) is 11.5 Å². The van der Waals surface area contributed by atoms with E-state index in [4.69, 9.17) is 4.74 Å². The summed E-state index contributed by atoms with van der Waals surface area (Å²) >= 11 is 1.16. The first-order valence-electron chi connectivity index (χ1n) is 5.60. The van der Waals surface area contributed by atoms with E-state index in [-0.39, 0.29) is 9.92 Å². The van der Waals surface area contributed by atoms with Crippen LogP contribution in [0.3, 0.4) is 0 Å². The van der Waals surface area contributed by atoms with Crippen molar-refractivity contribution < 1.29 is 9.66 Å². The van der Waals surface area contributed by atoms with Crippen molar-refractivity contribution in [2.45, 2.75) is 20.4 Å². The quantitative estimate of drug-likeness (QED) is 0.442. The predicted molar refractivity (Wildman–Crippen MR) is 68.3 cm³/mol. The van der Waals surface area contributed by atoms with E-state index in [9.17, 15) is 10.1 Å². The summed E-state index contributed by atoms with van der Waals surface area (Å²) in [6.07, 6.45) is 0. The summed E-state index contributed by atoms with van der Waals surface area (Å²) in [6.45, 7) is 7.07. The van der Waals surface area contributed by atoms with Crippen LogP contribution < -0.4 is 5.32 Å². The zero-order valence-corrected chi connectivity index (χ0v) is 11.0. The predicted octanol–water partition coefficient (Wildman–Crippen LogP) is 2.42. The van der Waals surface area contributed by atoms with Crippen molar-refractivity contribution in [2.24, 2.45) is 5.92 Å². The molecule has 17 heavy (non-hydrogen) atoms. The van der Waals surface area contributed by atoms with Crippen molar-refractivity contribution in [3.8, 4) is 0 Å². The number of hydrogen-bond acceptors (Lipinski definition) is 5. The first-order valence-corrected chi connectivity index (χ1v) is 6.48. The van der Waals surface area contributed by atoms with Gasteiger partial charge in [-0.25, -0.2) is 0 Å². The highest BCUT2D eigenvalue weighted by molar-refractivity contribution is 7.13. The minimum atomic E-state index is -0.361. The molecule has 0 saturated carbocycles. The van der Waals surface area contributed by atoms with Crippen LogP contribution in [0, 0.1) is 16.0 Å². The number of nitro groups is 1.